The van der Waals surface area contributed by atoms with Crippen LogP contribution in [0.3, 0.4) is 0 Å². The number of halogens is 1. The third-order valence-corrected chi connectivity index (χ3v) is 3.25. The monoisotopic (exact) mass is 277 g/mol. The molecule has 2 rings (SSSR count). The van der Waals surface area contributed by atoms with Gasteiger partial charge in [0.2, 0.25) is 0 Å². The average molecular weight is 278 g/mol. The normalized spacial score (nSPS) is 10.3. The molecular weight excluding hydrogens is 262 g/mol. The number of ether oxygens (including phenoxy) is 1. The number of nitrogens with zero attached hydrogens (tertiary/aromatic N) is 2. The molecule has 0 aliphatic heterocycles. The molecule has 0 unspecified atom stereocenters. The summed E-state index contributed by atoms with van der Waals surface area (Å²) in [5.74, 6) is 1.56. The Balaban J connectivity index is 2.19. The highest BCUT2D eigenvalue weighted by molar-refractivity contribution is 6.30. The van der Waals surface area contributed by atoms with Crippen LogP contribution in [0.25, 0.3) is 0 Å². The Labute approximate surface area is 117 Å². The van der Waals surface area contributed by atoms with E-state index in [-0.39, 0.29) is 0 Å². The average Bonchev–Trinajstić information content (AvgIpc) is 2.42. The van der Waals surface area contributed by atoms with Gasteiger partial charge in [0.15, 0.2) is 11.0 Å². The van der Waals surface area contributed by atoms with Crippen LogP contribution in [0.1, 0.15) is 18.1 Å². The summed E-state index contributed by atoms with van der Waals surface area (Å²) in [6, 6.07) is 7.71. The van der Waals surface area contributed by atoms with Crippen LogP contribution in [-0.4, -0.2) is 16.8 Å². The molecule has 1 heterocycles. The lowest BCUT2D eigenvalue weighted by atomic mass is 10.2. The van der Waals surface area contributed by atoms with Gasteiger partial charge in [0.05, 0.1) is 6.61 Å². The summed E-state index contributed by atoms with van der Waals surface area (Å²) in [6.07, 6.45) is 0. The number of rotatable bonds is 4. The van der Waals surface area contributed by atoms with Crippen LogP contribution in [-0.2, 0) is 0 Å². The predicted octanol–water partition coefficient (Wildman–Crippen LogP) is 3.89. The fourth-order valence-corrected chi connectivity index (χ4v) is 1.81. The molecule has 1 N–H and O–H groups in total. The van der Waals surface area contributed by atoms with E-state index in [9.17, 15) is 0 Å². The lowest BCUT2D eigenvalue weighted by Crippen LogP contribution is -2.01. The van der Waals surface area contributed by atoms with Crippen molar-refractivity contribution in [1.29, 1.82) is 0 Å². The minimum absolute atomic E-state index is 0.440. The molecule has 0 atom stereocenters. The van der Waals surface area contributed by atoms with Gasteiger partial charge in [0.25, 0.3) is 0 Å². The molecule has 1 aromatic carbocycles. The van der Waals surface area contributed by atoms with E-state index in [1.54, 1.807) is 0 Å². The number of hydrogen-bond acceptors (Lipinski definition) is 4. The number of aromatic nitrogens is 2. The summed E-state index contributed by atoms with van der Waals surface area (Å²) in [6.45, 7) is 6.51. The third-order valence-electron chi connectivity index (χ3n) is 2.89. The second-order valence-electron chi connectivity index (χ2n) is 4.17. The number of benzene rings is 1. The second kappa shape index (κ2) is 5.89. The van der Waals surface area contributed by atoms with Crippen LogP contribution in [0.5, 0.6) is 5.75 Å². The Morgan fingerprint density at radius 3 is 2.42 bits per heavy atom. The maximum Gasteiger partial charge on any atom is 0.156 e. The van der Waals surface area contributed by atoms with Crippen molar-refractivity contribution in [2.45, 2.75) is 20.8 Å². The highest BCUT2D eigenvalue weighted by Crippen LogP contribution is 2.24. The smallest absolute Gasteiger partial charge is 0.156 e. The first kappa shape index (κ1) is 13.6. The van der Waals surface area contributed by atoms with Gasteiger partial charge in [0, 0.05) is 5.69 Å². The lowest BCUT2D eigenvalue weighted by molar-refractivity contribution is 0.340. The van der Waals surface area contributed by atoms with Crippen molar-refractivity contribution >= 4 is 23.1 Å². The fraction of sp³-hybridized carbons (Fsp3) is 0.286. The van der Waals surface area contributed by atoms with Gasteiger partial charge in [0.1, 0.15) is 5.75 Å². The summed E-state index contributed by atoms with van der Waals surface area (Å²) in [5, 5.41) is 11.6. The minimum Gasteiger partial charge on any atom is -0.494 e. The van der Waals surface area contributed by atoms with E-state index in [1.807, 2.05) is 45.0 Å². The lowest BCUT2D eigenvalue weighted by Gasteiger charge is -2.11. The number of anilines is 2. The van der Waals surface area contributed by atoms with E-state index in [1.165, 1.54) is 0 Å². The Morgan fingerprint density at radius 2 is 1.79 bits per heavy atom. The molecule has 0 aliphatic carbocycles. The zero-order valence-electron chi connectivity index (χ0n) is 11.2. The summed E-state index contributed by atoms with van der Waals surface area (Å²) < 4.78 is 5.40. The number of nitrogens with one attached hydrogen (secondary N) is 1. The van der Waals surface area contributed by atoms with E-state index in [2.05, 4.69) is 15.5 Å². The van der Waals surface area contributed by atoms with Crippen LogP contribution >= 0.6 is 11.6 Å². The zero-order valence-corrected chi connectivity index (χ0v) is 12.0. The van der Waals surface area contributed by atoms with E-state index in [4.69, 9.17) is 16.3 Å². The molecule has 2 aromatic rings. The molecule has 0 saturated carbocycles. The van der Waals surface area contributed by atoms with E-state index in [0.29, 0.717) is 17.6 Å². The molecule has 0 aliphatic rings. The highest BCUT2D eigenvalue weighted by atomic mass is 35.5. The van der Waals surface area contributed by atoms with Gasteiger partial charge in [-0.2, -0.15) is 0 Å². The third kappa shape index (κ3) is 3.15. The maximum atomic E-state index is 5.93. The van der Waals surface area contributed by atoms with Crippen LogP contribution in [0.4, 0.5) is 11.5 Å². The highest BCUT2D eigenvalue weighted by Gasteiger charge is 2.08. The summed E-state index contributed by atoms with van der Waals surface area (Å²) in [4.78, 5) is 0. The molecular formula is C14H16ClN3O. The first-order chi connectivity index (χ1) is 9.11. The van der Waals surface area contributed by atoms with Crippen molar-refractivity contribution in [3.63, 3.8) is 0 Å². The minimum atomic E-state index is 0.440. The second-order valence-corrected chi connectivity index (χ2v) is 4.53. The zero-order chi connectivity index (χ0) is 13.8. The van der Waals surface area contributed by atoms with Crippen molar-refractivity contribution in [1.82, 2.24) is 10.2 Å². The van der Waals surface area contributed by atoms with Crippen LogP contribution in [0.2, 0.25) is 5.15 Å². The van der Waals surface area contributed by atoms with Crippen molar-refractivity contribution in [2.75, 3.05) is 11.9 Å². The molecule has 5 heteroatoms. The molecule has 100 valence electrons. The molecule has 4 nitrogen and oxygen atoms in total. The van der Waals surface area contributed by atoms with Crippen LogP contribution in [0.15, 0.2) is 24.3 Å². The molecule has 0 fully saturated rings. The quantitative estimate of drug-likeness (QED) is 0.921. The fourth-order valence-electron chi connectivity index (χ4n) is 1.63. The van der Waals surface area contributed by atoms with Crippen molar-refractivity contribution in [3.8, 4) is 5.75 Å². The van der Waals surface area contributed by atoms with Gasteiger partial charge in [-0.05, 0) is 56.2 Å². The molecule has 0 amide bonds. The van der Waals surface area contributed by atoms with Gasteiger partial charge in [-0.25, -0.2) is 0 Å². The van der Waals surface area contributed by atoms with Crippen LogP contribution in [0, 0.1) is 13.8 Å². The van der Waals surface area contributed by atoms with Gasteiger partial charge in [-0.3, -0.25) is 0 Å². The summed E-state index contributed by atoms with van der Waals surface area (Å²) in [7, 11) is 0. The van der Waals surface area contributed by atoms with E-state index >= 15 is 0 Å². The molecule has 0 spiro atoms. The molecule has 1 aromatic heterocycles. The van der Waals surface area contributed by atoms with Gasteiger partial charge in [-0.15, -0.1) is 10.2 Å². The first-order valence-electron chi connectivity index (χ1n) is 6.11. The predicted molar refractivity (Wildman–Crippen MR) is 77.4 cm³/mol. The van der Waals surface area contributed by atoms with Gasteiger partial charge >= 0.3 is 0 Å². The Bertz CT molecular complexity index is 570. The van der Waals surface area contributed by atoms with Crippen LogP contribution < -0.4 is 10.1 Å². The van der Waals surface area contributed by atoms with E-state index < -0.39 is 0 Å². The number of hydrogen-bond donors (Lipinski definition) is 1. The van der Waals surface area contributed by atoms with E-state index in [0.717, 1.165) is 22.6 Å². The Kier molecular flexibility index (Phi) is 4.22. The van der Waals surface area contributed by atoms with Gasteiger partial charge < -0.3 is 10.1 Å². The Morgan fingerprint density at radius 1 is 1.11 bits per heavy atom. The molecule has 0 bridgehead atoms. The molecule has 0 saturated heterocycles. The summed E-state index contributed by atoms with van der Waals surface area (Å²) in [5.41, 5.74) is 2.86. The Hall–Kier alpha value is -1.81. The summed E-state index contributed by atoms with van der Waals surface area (Å²) >= 11 is 5.93. The van der Waals surface area contributed by atoms with Crippen molar-refractivity contribution < 1.29 is 4.74 Å². The van der Waals surface area contributed by atoms with Crippen molar-refractivity contribution in [2.24, 2.45) is 0 Å². The molecule has 0 radical (unpaired) electrons. The van der Waals surface area contributed by atoms with Gasteiger partial charge in [-0.1, -0.05) is 11.6 Å². The standard InChI is InChI=1S/C14H16ClN3O/c1-4-19-12-7-5-11(6-8-12)16-14-10(3)9(2)13(15)17-18-14/h5-8H,4H2,1-3H3,(H,16,18). The first-order valence-corrected chi connectivity index (χ1v) is 6.49. The SMILES string of the molecule is CCOc1ccc(Nc2nnc(Cl)c(C)c2C)cc1. The maximum absolute atomic E-state index is 5.93. The van der Waals surface area contributed by atoms with Crippen molar-refractivity contribution in [3.05, 3.63) is 40.5 Å². The molecule has 19 heavy (non-hydrogen) atoms. The largest absolute Gasteiger partial charge is 0.494 e. The topological polar surface area (TPSA) is 47.0 Å².